The van der Waals surface area contributed by atoms with Gasteiger partial charge in [0.05, 0.1) is 17.8 Å². The van der Waals surface area contributed by atoms with Gasteiger partial charge in [-0.05, 0) is 18.6 Å². The Hall–Kier alpha value is -2.03. The summed E-state index contributed by atoms with van der Waals surface area (Å²) in [6.07, 6.45) is 3.62. The van der Waals surface area contributed by atoms with Gasteiger partial charge in [0.1, 0.15) is 30.0 Å². The minimum Gasteiger partial charge on any atom is -0.487 e. The van der Waals surface area contributed by atoms with Crippen LogP contribution in [0.2, 0.25) is 5.02 Å². The van der Waals surface area contributed by atoms with Crippen molar-refractivity contribution < 1.29 is 22.6 Å². The lowest BCUT2D eigenvalue weighted by atomic mass is 10.3. The molecule has 138 valence electrons. The summed E-state index contributed by atoms with van der Waals surface area (Å²) in [5.41, 5.74) is 0. The zero-order valence-corrected chi connectivity index (χ0v) is 15.4. The van der Waals surface area contributed by atoms with Crippen molar-refractivity contribution in [2.75, 3.05) is 26.3 Å². The fourth-order valence-electron chi connectivity index (χ4n) is 3.00. The van der Waals surface area contributed by atoms with Crippen LogP contribution in [0, 0.1) is 0 Å². The number of benzene rings is 1. The van der Waals surface area contributed by atoms with Crippen LogP contribution in [0.25, 0.3) is 0 Å². The molecule has 1 aromatic carbocycles. The van der Waals surface area contributed by atoms with Crippen LogP contribution >= 0.6 is 11.6 Å². The first-order chi connectivity index (χ1) is 12.5. The lowest BCUT2D eigenvalue weighted by Crippen LogP contribution is -2.31. The van der Waals surface area contributed by atoms with Crippen LogP contribution in [-0.2, 0) is 10.0 Å². The van der Waals surface area contributed by atoms with Crippen LogP contribution in [0.1, 0.15) is 6.42 Å². The lowest BCUT2D eigenvalue weighted by Gasteiger charge is -2.22. The maximum Gasteiger partial charge on any atom is 0.244 e. The predicted molar refractivity (Wildman–Crippen MR) is 94.5 cm³/mol. The number of ether oxygens (including phenoxy) is 3. The summed E-state index contributed by atoms with van der Waals surface area (Å²) < 4.78 is 44.1. The first kappa shape index (κ1) is 17.4. The summed E-state index contributed by atoms with van der Waals surface area (Å²) in [4.78, 5) is 4.01. The van der Waals surface area contributed by atoms with Gasteiger partial charge in [-0.2, -0.15) is 4.31 Å². The van der Waals surface area contributed by atoms with Crippen molar-refractivity contribution >= 4 is 21.6 Å². The summed E-state index contributed by atoms with van der Waals surface area (Å²) in [5, 5.41) is 0.117. The summed E-state index contributed by atoms with van der Waals surface area (Å²) in [6.45, 7) is 1.40. The largest absolute Gasteiger partial charge is 0.487 e. The molecule has 1 aromatic heterocycles. The maximum absolute atomic E-state index is 13.0. The van der Waals surface area contributed by atoms with Crippen LogP contribution in [0.5, 0.6) is 17.2 Å². The second kappa shape index (κ2) is 6.94. The highest BCUT2D eigenvalue weighted by atomic mass is 35.5. The van der Waals surface area contributed by atoms with E-state index in [4.69, 9.17) is 25.8 Å². The SMILES string of the molecule is O=S(=O)(c1cc2c(cc1Cl)OCCO2)N1CC[C@@H](Oc2cccnc2)C1. The number of hydrogen-bond acceptors (Lipinski definition) is 6. The van der Waals surface area contributed by atoms with Gasteiger partial charge in [-0.25, -0.2) is 8.42 Å². The van der Waals surface area contributed by atoms with Gasteiger partial charge in [0.15, 0.2) is 11.5 Å². The number of aromatic nitrogens is 1. The molecule has 2 aliphatic rings. The smallest absolute Gasteiger partial charge is 0.244 e. The van der Waals surface area contributed by atoms with E-state index >= 15 is 0 Å². The molecule has 2 aliphatic heterocycles. The average Bonchev–Trinajstić information content (AvgIpc) is 3.11. The summed E-state index contributed by atoms with van der Waals surface area (Å²) >= 11 is 6.21. The van der Waals surface area contributed by atoms with Crippen molar-refractivity contribution in [1.29, 1.82) is 0 Å². The fourth-order valence-corrected chi connectivity index (χ4v) is 5.00. The zero-order chi connectivity index (χ0) is 18.1. The van der Waals surface area contributed by atoms with Gasteiger partial charge in [-0.3, -0.25) is 4.98 Å². The van der Waals surface area contributed by atoms with Crippen molar-refractivity contribution in [3.63, 3.8) is 0 Å². The van der Waals surface area contributed by atoms with Gasteiger partial charge in [-0.1, -0.05) is 11.6 Å². The van der Waals surface area contributed by atoms with Crippen molar-refractivity contribution in [2.45, 2.75) is 17.4 Å². The Morgan fingerprint density at radius 1 is 1.23 bits per heavy atom. The lowest BCUT2D eigenvalue weighted by molar-refractivity contribution is 0.171. The van der Waals surface area contributed by atoms with Crippen molar-refractivity contribution in [2.24, 2.45) is 0 Å². The molecule has 1 fully saturated rings. The molecule has 0 N–H and O–H groups in total. The van der Waals surface area contributed by atoms with Crippen LogP contribution in [-0.4, -0.2) is 50.1 Å². The molecule has 0 saturated carbocycles. The topological polar surface area (TPSA) is 78.0 Å². The van der Waals surface area contributed by atoms with E-state index in [9.17, 15) is 8.42 Å². The summed E-state index contributed by atoms with van der Waals surface area (Å²) in [6, 6.07) is 6.49. The third-order valence-corrected chi connectivity index (χ3v) is 6.59. The van der Waals surface area contributed by atoms with Gasteiger partial charge in [0, 0.05) is 24.9 Å². The average molecular weight is 397 g/mol. The number of rotatable bonds is 4. The Kier molecular flexibility index (Phi) is 4.64. The molecule has 0 unspecified atom stereocenters. The molecule has 0 radical (unpaired) electrons. The quantitative estimate of drug-likeness (QED) is 0.789. The summed E-state index contributed by atoms with van der Waals surface area (Å²) in [5.74, 6) is 1.47. The zero-order valence-electron chi connectivity index (χ0n) is 13.8. The minimum atomic E-state index is -3.76. The molecule has 0 aliphatic carbocycles. The third-order valence-electron chi connectivity index (χ3n) is 4.26. The molecule has 0 amide bonds. The third kappa shape index (κ3) is 3.32. The highest BCUT2D eigenvalue weighted by Gasteiger charge is 2.35. The van der Waals surface area contributed by atoms with E-state index in [1.54, 1.807) is 24.5 Å². The highest BCUT2D eigenvalue weighted by Crippen LogP contribution is 2.38. The Morgan fingerprint density at radius 3 is 2.73 bits per heavy atom. The molecule has 1 saturated heterocycles. The normalized spacial score (nSPS) is 20.1. The number of pyridine rings is 1. The first-order valence-corrected chi connectivity index (χ1v) is 10.0. The van der Waals surface area contributed by atoms with Crippen LogP contribution in [0.4, 0.5) is 0 Å². The minimum absolute atomic E-state index is 0.0189. The Morgan fingerprint density at radius 2 is 2.00 bits per heavy atom. The van der Waals surface area contributed by atoms with E-state index < -0.39 is 10.0 Å². The van der Waals surface area contributed by atoms with Crippen LogP contribution < -0.4 is 14.2 Å². The van der Waals surface area contributed by atoms with Crippen molar-refractivity contribution in [1.82, 2.24) is 9.29 Å². The molecule has 26 heavy (non-hydrogen) atoms. The molecular formula is C17H17ClN2O5S. The van der Waals surface area contributed by atoms with E-state index in [0.29, 0.717) is 43.4 Å². The Balaban J connectivity index is 1.54. The fraction of sp³-hybridized carbons (Fsp3) is 0.353. The van der Waals surface area contributed by atoms with Gasteiger partial charge in [0.25, 0.3) is 0 Å². The van der Waals surface area contributed by atoms with E-state index in [1.165, 1.54) is 16.4 Å². The van der Waals surface area contributed by atoms with Gasteiger partial charge >= 0.3 is 0 Å². The molecule has 4 rings (SSSR count). The van der Waals surface area contributed by atoms with Crippen molar-refractivity contribution in [3.05, 3.63) is 41.7 Å². The molecule has 0 spiro atoms. The van der Waals surface area contributed by atoms with Crippen molar-refractivity contribution in [3.8, 4) is 17.2 Å². The predicted octanol–water partition coefficient (Wildman–Crippen LogP) is 2.35. The van der Waals surface area contributed by atoms with Gasteiger partial charge in [-0.15, -0.1) is 0 Å². The van der Waals surface area contributed by atoms with Gasteiger partial charge < -0.3 is 14.2 Å². The number of sulfonamides is 1. The maximum atomic E-state index is 13.0. The number of halogens is 1. The van der Waals surface area contributed by atoms with E-state index in [-0.39, 0.29) is 22.6 Å². The van der Waals surface area contributed by atoms with Gasteiger partial charge in [0.2, 0.25) is 10.0 Å². The summed E-state index contributed by atoms with van der Waals surface area (Å²) in [7, 11) is -3.76. The van der Waals surface area contributed by atoms with Crippen LogP contribution in [0.3, 0.4) is 0 Å². The molecule has 2 aromatic rings. The second-order valence-electron chi connectivity index (χ2n) is 6.01. The number of fused-ring (bicyclic) bond motifs is 1. The Bertz CT molecular complexity index is 907. The monoisotopic (exact) mass is 396 g/mol. The first-order valence-electron chi connectivity index (χ1n) is 8.20. The standard InChI is InChI=1S/C17H17ClN2O5S/c18-14-8-15-16(24-7-6-23-15)9-17(14)26(21,22)20-5-3-13(11-20)25-12-2-1-4-19-10-12/h1-2,4,8-10,13H,3,5-7,11H2/t13-/m1/s1. The highest BCUT2D eigenvalue weighted by molar-refractivity contribution is 7.89. The number of hydrogen-bond donors (Lipinski definition) is 0. The van der Waals surface area contributed by atoms with Crippen LogP contribution in [0.15, 0.2) is 41.6 Å². The Labute approximate surface area is 156 Å². The molecule has 0 bridgehead atoms. The molecule has 1 atom stereocenters. The molecular weight excluding hydrogens is 380 g/mol. The van der Waals surface area contributed by atoms with E-state index in [2.05, 4.69) is 4.98 Å². The molecule has 9 heteroatoms. The van der Waals surface area contributed by atoms with E-state index in [1.807, 2.05) is 0 Å². The molecule has 7 nitrogen and oxygen atoms in total. The number of nitrogens with zero attached hydrogens (tertiary/aromatic N) is 2. The van der Waals surface area contributed by atoms with E-state index in [0.717, 1.165) is 0 Å². The molecule has 3 heterocycles. The second-order valence-corrected chi connectivity index (χ2v) is 8.32.